The van der Waals surface area contributed by atoms with Crippen LogP contribution in [0.2, 0.25) is 0 Å². The lowest BCUT2D eigenvalue weighted by Crippen LogP contribution is -2.19. The summed E-state index contributed by atoms with van der Waals surface area (Å²) in [6.07, 6.45) is 0. The predicted octanol–water partition coefficient (Wildman–Crippen LogP) is 9.04. The lowest BCUT2D eigenvalue weighted by atomic mass is 9.79. The zero-order chi connectivity index (χ0) is 30.6. The van der Waals surface area contributed by atoms with Gasteiger partial charge in [0.1, 0.15) is 34.5 Å². The van der Waals surface area contributed by atoms with E-state index in [4.69, 9.17) is 20.9 Å². The van der Waals surface area contributed by atoms with Crippen molar-refractivity contribution in [2.45, 2.75) is 105 Å². The minimum atomic E-state index is -0.404. The van der Waals surface area contributed by atoms with Gasteiger partial charge in [-0.15, -0.1) is 0 Å². The van der Waals surface area contributed by atoms with Gasteiger partial charge in [0.05, 0.1) is 11.4 Å². The Hall–Kier alpha value is -3.54. The van der Waals surface area contributed by atoms with E-state index in [9.17, 15) is 10.2 Å². The molecule has 0 aliphatic carbocycles. The summed E-state index contributed by atoms with van der Waals surface area (Å²) in [6.45, 7) is 24.4. The number of rotatable bonds is 4. The molecule has 0 saturated heterocycles. The molecule has 3 rings (SSSR count). The van der Waals surface area contributed by atoms with E-state index in [2.05, 4.69) is 41.5 Å². The number of benzene rings is 3. The Labute approximate surface area is 240 Å². The van der Waals surface area contributed by atoms with E-state index in [1.807, 2.05) is 77.9 Å². The smallest absolute Gasteiger partial charge is 0.146 e. The number of aromatic hydroxyl groups is 2. The van der Waals surface area contributed by atoms with E-state index in [1.54, 1.807) is 0 Å². The van der Waals surface area contributed by atoms with E-state index < -0.39 is 10.8 Å². The SMILES string of the molecule is CC(C)(C)c1cc(Oc2ccc(Oc3cc(C(C)(C)C)c(N)c(O)c3C(C)(C)C)cc2)c(C(C)(C)C)c(O)c1N. The molecule has 0 radical (unpaired) electrons. The van der Waals surface area contributed by atoms with Gasteiger partial charge in [0.25, 0.3) is 0 Å². The summed E-state index contributed by atoms with van der Waals surface area (Å²) in [7, 11) is 0. The van der Waals surface area contributed by atoms with Crippen LogP contribution in [0.1, 0.15) is 105 Å². The summed E-state index contributed by atoms with van der Waals surface area (Å²) in [5, 5.41) is 22.2. The molecule has 0 spiro atoms. The van der Waals surface area contributed by atoms with E-state index in [0.717, 1.165) is 11.1 Å². The third-order valence-corrected chi connectivity index (χ3v) is 7.00. The van der Waals surface area contributed by atoms with Crippen molar-refractivity contribution in [3.05, 3.63) is 58.7 Å². The molecule has 0 atom stereocenters. The first kappa shape index (κ1) is 31.0. The van der Waals surface area contributed by atoms with E-state index in [-0.39, 0.29) is 22.3 Å². The summed E-state index contributed by atoms with van der Waals surface area (Å²) in [5.41, 5.74) is 15.1. The van der Waals surface area contributed by atoms with Gasteiger partial charge >= 0.3 is 0 Å². The number of nitrogens with two attached hydrogens (primary N) is 2. The van der Waals surface area contributed by atoms with Crippen LogP contribution in [-0.4, -0.2) is 10.2 Å². The highest BCUT2D eigenvalue weighted by Gasteiger charge is 2.32. The third kappa shape index (κ3) is 6.27. The van der Waals surface area contributed by atoms with Gasteiger partial charge in [0.2, 0.25) is 0 Å². The Morgan fingerprint density at radius 3 is 1.00 bits per heavy atom. The van der Waals surface area contributed by atoms with Crippen molar-refractivity contribution in [1.29, 1.82) is 0 Å². The zero-order valence-corrected chi connectivity index (χ0v) is 26.3. The van der Waals surface area contributed by atoms with Crippen molar-refractivity contribution in [2.75, 3.05) is 11.5 Å². The topological polar surface area (TPSA) is 111 Å². The van der Waals surface area contributed by atoms with Crippen LogP contribution >= 0.6 is 0 Å². The number of phenols is 2. The molecule has 0 saturated carbocycles. The fourth-order valence-corrected chi connectivity index (χ4v) is 5.00. The second kappa shape index (κ2) is 10.1. The third-order valence-electron chi connectivity index (χ3n) is 7.00. The van der Waals surface area contributed by atoms with Gasteiger partial charge in [0, 0.05) is 11.1 Å². The van der Waals surface area contributed by atoms with Crippen LogP contribution in [0.3, 0.4) is 0 Å². The normalized spacial score (nSPS) is 12.9. The van der Waals surface area contributed by atoms with Gasteiger partial charge < -0.3 is 31.2 Å². The number of hydrogen-bond acceptors (Lipinski definition) is 6. The summed E-state index contributed by atoms with van der Waals surface area (Å²) >= 11 is 0. The molecule has 40 heavy (non-hydrogen) atoms. The fourth-order valence-electron chi connectivity index (χ4n) is 5.00. The molecule has 3 aromatic carbocycles. The maximum absolute atomic E-state index is 11.1. The second-order valence-electron chi connectivity index (χ2n) is 14.8. The monoisotopic (exact) mass is 548 g/mol. The molecule has 0 bridgehead atoms. The van der Waals surface area contributed by atoms with Gasteiger partial charge in [-0.3, -0.25) is 0 Å². The summed E-state index contributed by atoms with van der Waals surface area (Å²) in [4.78, 5) is 0. The Bertz CT molecular complexity index is 1290. The molecule has 0 aliphatic rings. The first-order valence-electron chi connectivity index (χ1n) is 13.8. The van der Waals surface area contributed by atoms with Crippen molar-refractivity contribution in [3.63, 3.8) is 0 Å². The Kier molecular flexibility index (Phi) is 7.85. The highest BCUT2D eigenvalue weighted by molar-refractivity contribution is 5.70. The maximum Gasteiger partial charge on any atom is 0.146 e. The average molecular weight is 549 g/mol. The number of anilines is 2. The minimum absolute atomic E-state index is 0.0578. The summed E-state index contributed by atoms with van der Waals surface area (Å²) in [5.74, 6) is 2.42. The Morgan fingerprint density at radius 1 is 0.500 bits per heavy atom. The molecule has 0 amide bonds. The molecule has 0 heterocycles. The van der Waals surface area contributed by atoms with E-state index in [0.29, 0.717) is 45.5 Å². The van der Waals surface area contributed by atoms with Gasteiger partial charge in [-0.25, -0.2) is 0 Å². The largest absolute Gasteiger partial charge is 0.505 e. The van der Waals surface area contributed by atoms with Crippen molar-refractivity contribution in [1.82, 2.24) is 0 Å². The highest BCUT2D eigenvalue weighted by atomic mass is 16.5. The van der Waals surface area contributed by atoms with Gasteiger partial charge in [-0.05, 0) is 69.2 Å². The molecule has 0 aliphatic heterocycles. The van der Waals surface area contributed by atoms with Crippen LogP contribution in [0.25, 0.3) is 0 Å². The Morgan fingerprint density at radius 2 is 0.775 bits per heavy atom. The number of hydrogen-bond donors (Lipinski definition) is 4. The van der Waals surface area contributed by atoms with Crippen LogP contribution in [0.4, 0.5) is 11.4 Å². The van der Waals surface area contributed by atoms with Gasteiger partial charge in [0.15, 0.2) is 0 Å². The average Bonchev–Trinajstić information content (AvgIpc) is 2.76. The fraction of sp³-hybridized carbons (Fsp3) is 0.471. The highest BCUT2D eigenvalue weighted by Crippen LogP contribution is 2.49. The molecule has 0 unspecified atom stereocenters. The van der Waals surface area contributed by atoms with Crippen LogP contribution in [0, 0.1) is 0 Å². The first-order valence-corrected chi connectivity index (χ1v) is 13.8. The van der Waals surface area contributed by atoms with Crippen molar-refractivity contribution < 1.29 is 19.7 Å². The van der Waals surface area contributed by atoms with Crippen LogP contribution in [-0.2, 0) is 21.7 Å². The van der Waals surface area contributed by atoms with Crippen LogP contribution < -0.4 is 20.9 Å². The zero-order valence-electron chi connectivity index (χ0n) is 26.3. The molecule has 0 aromatic heterocycles. The molecule has 3 aromatic rings. The quantitative estimate of drug-likeness (QED) is 0.191. The maximum atomic E-state index is 11.1. The number of nitrogen functional groups attached to an aromatic ring is 2. The van der Waals surface area contributed by atoms with Crippen LogP contribution in [0.15, 0.2) is 36.4 Å². The van der Waals surface area contributed by atoms with Crippen molar-refractivity contribution in [3.8, 4) is 34.5 Å². The Balaban J connectivity index is 2.05. The lowest BCUT2D eigenvalue weighted by molar-refractivity contribution is 0.408. The van der Waals surface area contributed by atoms with Crippen molar-refractivity contribution >= 4 is 11.4 Å². The molecular weight excluding hydrogens is 500 g/mol. The standard InChI is InChI=1S/C34H48N2O4/c1-31(2,3)21-17-23(25(33(7,8)9)29(37)27(21)35)39-19-13-15-20(16-14-19)40-24-18-22(32(4,5)6)28(36)30(38)26(24)34(10,11)12/h13-18,37-38H,35-36H2,1-12H3. The van der Waals surface area contributed by atoms with Crippen LogP contribution in [0.5, 0.6) is 34.5 Å². The summed E-state index contributed by atoms with van der Waals surface area (Å²) < 4.78 is 12.7. The molecular formula is C34H48N2O4. The number of ether oxygens (including phenoxy) is 2. The molecule has 6 nitrogen and oxygen atoms in total. The van der Waals surface area contributed by atoms with Crippen molar-refractivity contribution in [2.24, 2.45) is 0 Å². The van der Waals surface area contributed by atoms with Gasteiger partial charge in [-0.1, -0.05) is 83.1 Å². The van der Waals surface area contributed by atoms with E-state index in [1.165, 1.54) is 0 Å². The first-order chi connectivity index (χ1) is 18.0. The lowest BCUT2D eigenvalue weighted by Gasteiger charge is -2.30. The van der Waals surface area contributed by atoms with E-state index >= 15 is 0 Å². The number of phenolic OH excluding ortho intramolecular Hbond substituents is 2. The molecule has 6 heteroatoms. The second-order valence-corrected chi connectivity index (χ2v) is 14.8. The van der Waals surface area contributed by atoms with Gasteiger partial charge in [-0.2, -0.15) is 0 Å². The molecule has 6 N–H and O–H groups in total. The minimum Gasteiger partial charge on any atom is -0.505 e. The molecule has 218 valence electrons. The summed E-state index contributed by atoms with van der Waals surface area (Å²) in [6, 6.07) is 11.2. The predicted molar refractivity (Wildman–Crippen MR) is 166 cm³/mol. The molecule has 0 fully saturated rings.